The zero-order valence-corrected chi connectivity index (χ0v) is 13.1. The summed E-state index contributed by atoms with van der Waals surface area (Å²) in [5, 5.41) is 10.8. The molecule has 1 aliphatic heterocycles. The minimum Gasteiger partial charge on any atom is -0.481 e. The molecule has 1 amide bonds. The fraction of sp³-hybridized carbons (Fsp3) is 0.158. The largest absolute Gasteiger partial charge is 0.481 e. The maximum Gasteiger partial charge on any atom is 0.313 e. The zero-order valence-electron chi connectivity index (χ0n) is 13.1. The van der Waals surface area contributed by atoms with Gasteiger partial charge >= 0.3 is 5.97 Å². The van der Waals surface area contributed by atoms with E-state index in [0.717, 1.165) is 16.6 Å². The van der Waals surface area contributed by atoms with Gasteiger partial charge in [0.15, 0.2) is 0 Å². The first-order valence-electron chi connectivity index (χ1n) is 7.74. The van der Waals surface area contributed by atoms with Gasteiger partial charge in [0.1, 0.15) is 5.92 Å². The predicted molar refractivity (Wildman–Crippen MR) is 90.0 cm³/mol. The van der Waals surface area contributed by atoms with Crippen molar-refractivity contribution in [1.29, 1.82) is 0 Å². The molecular weight excluding hydrogens is 304 g/mol. The van der Waals surface area contributed by atoms with E-state index in [2.05, 4.69) is 4.98 Å². The van der Waals surface area contributed by atoms with Crippen LogP contribution < -0.4 is 0 Å². The van der Waals surface area contributed by atoms with Crippen molar-refractivity contribution >= 4 is 22.8 Å². The Hall–Kier alpha value is -3.08. The SMILES string of the molecule is CN1C(=O)c2ccccc2[C@@H](C(=O)O)[C@H]1c1cc2ccccc2[nH]1. The number of benzene rings is 2. The number of rotatable bonds is 2. The summed E-state index contributed by atoms with van der Waals surface area (Å²) in [7, 11) is 1.66. The number of amides is 1. The van der Waals surface area contributed by atoms with Gasteiger partial charge in [-0.25, -0.2) is 0 Å². The van der Waals surface area contributed by atoms with Crippen LogP contribution in [0, 0.1) is 0 Å². The van der Waals surface area contributed by atoms with Crippen LogP contribution in [-0.2, 0) is 4.79 Å². The molecule has 5 nitrogen and oxygen atoms in total. The Kier molecular flexibility index (Phi) is 3.16. The molecule has 0 bridgehead atoms. The van der Waals surface area contributed by atoms with Crippen molar-refractivity contribution in [2.75, 3.05) is 7.05 Å². The Labute approximate surface area is 138 Å². The zero-order chi connectivity index (χ0) is 16.8. The van der Waals surface area contributed by atoms with E-state index >= 15 is 0 Å². The molecule has 0 saturated carbocycles. The number of carbonyl (C=O) groups is 2. The van der Waals surface area contributed by atoms with Gasteiger partial charge in [0.25, 0.3) is 5.91 Å². The third kappa shape index (κ3) is 2.01. The van der Waals surface area contributed by atoms with E-state index < -0.39 is 17.9 Å². The second-order valence-electron chi connectivity index (χ2n) is 6.08. The lowest BCUT2D eigenvalue weighted by Crippen LogP contribution is -2.42. The highest BCUT2D eigenvalue weighted by molar-refractivity contribution is 6.00. The van der Waals surface area contributed by atoms with E-state index in [1.165, 1.54) is 4.90 Å². The van der Waals surface area contributed by atoms with Crippen molar-refractivity contribution in [3.05, 3.63) is 71.4 Å². The van der Waals surface area contributed by atoms with E-state index in [1.807, 2.05) is 30.3 Å². The molecule has 0 fully saturated rings. The van der Waals surface area contributed by atoms with E-state index in [4.69, 9.17) is 0 Å². The molecular formula is C19H16N2O3. The van der Waals surface area contributed by atoms with Gasteiger partial charge in [0.05, 0.1) is 6.04 Å². The van der Waals surface area contributed by atoms with Gasteiger partial charge in [-0.1, -0.05) is 36.4 Å². The summed E-state index contributed by atoms with van der Waals surface area (Å²) in [6, 6.07) is 16.0. The lowest BCUT2D eigenvalue weighted by atomic mass is 9.82. The van der Waals surface area contributed by atoms with Crippen LogP contribution in [-0.4, -0.2) is 33.9 Å². The Morgan fingerprint density at radius 1 is 1.12 bits per heavy atom. The summed E-state index contributed by atoms with van der Waals surface area (Å²) < 4.78 is 0. The van der Waals surface area contributed by atoms with Crippen molar-refractivity contribution in [3.8, 4) is 0 Å². The van der Waals surface area contributed by atoms with Gasteiger partial charge in [-0.05, 0) is 29.1 Å². The third-order valence-corrected chi connectivity index (χ3v) is 4.72. The number of fused-ring (bicyclic) bond motifs is 2. The van der Waals surface area contributed by atoms with Crippen LogP contribution in [0.3, 0.4) is 0 Å². The lowest BCUT2D eigenvalue weighted by Gasteiger charge is -2.37. The number of aromatic amines is 1. The van der Waals surface area contributed by atoms with Crippen molar-refractivity contribution in [2.45, 2.75) is 12.0 Å². The number of aromatic nitrogens is 1. The molecule has 2 N–H and O–H groups in total. The third-order valence-electron chi connectivity index (χ3n) is 4.72. The second-order valence-corrected chi connectivity index (χ2v) is 6.08. The second kappa shape index (κ2) is 5.23. The molecule has 3 aromatic rings. The fourth-order valence-electron chi connectivity index (χ4n) is 3.58. The highest BCUT2D eigenvalue weighted by Crippen LogP contribution is 2.42. The Balaban J connectivity index is 1.92. The molecule has 5 heteroatoms. The van der Waals surface area contributed by atoms with Gasteiger partial charge in [-0.15, -0.1) is 0 Å². The Bertz CT molecular complexity index is 927. The van der Waals surface area contributed by atoms with E-state index in [1.54, 1.807) is 31.3 Å². The Morgan fingerprint density at radius 3 is 2.58 bits per heavy atom. The normalized spacial score (nSPS) is 20.2. The van der Waals surface area contributed by atoms with Crippen LogP contribution in [0.1, 0.15) is 33.6 Å². The smallest absolute Gasteiger partial charge is 0.313 e. The van der Waals surface area contributed by atoms with Crippen LogP contribution in [0.5, 0.6) is 0 Å². The summed E-state index contributed by atoms with van der Waals surface area (Å²) in [5.74, 6) is -1.91. The minimum absolute atomic E-state index is 0.160. The first-order valence-corrected chi connectivity index (χ1v) is 7.74. The quantitative estimate of drug-likeness (QED) is 0.762. The number of para-hydroxylation sites is 1. The van der Waals surface area contributed by atoms with Crippen LogP contribution in [0.2, 0.25) is 0 Å². The Morgan fingerprint density at radius 2 is 1.83 bits per heavy atom. The highest BCUT2D eigenvalue weighted by Gasteiger charge is 2.43. The number of hydrogen-bond donors (Lipinski definition) is 2. The van der Waals surface area contributed by atoms with Crippen molar-refractivity contribution in [1.82, 2.24) is 9.88 Å². The first-order chi connectivity index (χ1) is 11.6. The molecule has 4 rings (SSSR count). The fourth-order valence-corrected chi connectivity index (χ4v) is 3.58. The van der Waals surface area contributed by atoms with E-state index in [0.29, 0.717) is 11.1 Å². The van der Waals surface area contributed by atoms with Crippen LogP contribution in [0.25, 0.3) is 10.9 Å². The molecule has 1 aliphatic rings. The van der Waals surface area contributed by atoms with Gasteiger partial charge in [0.2, 0.25) is 0 Å². The summed E-state index contributed by atoms with van der Waals surface area (Å²) in [5.41, 5.74) is 2.68. The molecule has 2 atom stereocenters. The summed E-state index contributed by atoms with van der Waals surface area (Å²) in [4.78, 5) is 29.5. The summed E-state index contributed by atoms with van der Waals surface area (Å²) in [6.45, 7) is 0. The maximum absolute atomic E-state index is 12.7. The number of aliphatic carboxylic acids is 1. The predicted octanol–water partition coefficient (Wildman–Crippen LogP) is 3.16. The number of carboxylic acids is 1. The number of carboxylic acid groups (broad SMARTS) is 1. The van der Waals surface area contributed by atoms with Crippen LogP contribution >= 0.6 is 0 Å². The molecule has 0 spiro atoms. The summed E-state index contributed by atoms with van der Waals surface area (Å²) >= 11 is 0. The van der Waals surface area contributed by atoms with Gasteiger partial charge < -0.3 is 15.0 Å². The number of carbonyl (C=O) groups excluding carboxylic acids is 1. The molecule has 0 unspecified atom stereocenters. The first kappa shape index (κ1) is 14.5. The number of nitrogens with one attached hydrogen (secondary N) is 1. The van der Waals surface area contributed by atoms with Gasteiger partial charge in [-0.3, -0.25) is 9.59 Å². The number of nitrogens with zero attached hydrogens (tertiary/aromatic N) is 1. The molecule has 2 aromatic carbocycles. The van der Waals surface area contributed by atoms with Gasteiger partial charge in [-0.2, -0.15) is 0 Å². The van der Waals surface area contributed by atoms with E-state index in [9.17, 15) is 14.7 Å². The molecule has 0 radical (unpaired) electrons. The van der Waals surface area contributed by atoms with Crippen molar-refractivity contribution in [3.63, 3.8) is 0 Å². The number of likely N-dealkylation sites (N-methyl/N-ethyl adjacent to an activating group) is 1. The average Bonchev–Trinajstić information content (AvgIpc) is 3.01. The van der Waals surface area contributed by atoms with Gasteiger partial charge in [0, 0.05) is 23.8 Å². The average molecular weight is 320 g/mol. The maximum atomic E-state index is 12.7. The molecule has 2 heterocycles. The molecule has 24 heavy (non-hydrogen) atoms. The van der Waals surface area contributed by atoms with Crippen LogP contribution in [0.15, 0.2) is 54.6 Å². The monoisotopic (exact) mass is 320 g/mol. The standard InChI is InChI=1S/C19H16N2O3/c1-21-17(15-10-11-6-2-5-9-14(11)20-15)16(19(23)24)12-7-3-4-8-13(12)18(21)22/h2-10,16-17,20H,1H3,(H,23,24)/t16-,17-/m1/s1. The van der Waals surface area contributed by atoms with Crippen molar-refractivity contribution < 1.29 is 14.7 Å². The molecule has 1 aromatic heterocycles. The van der Waals surface area contributed by atoms with Crippen molar-refractivity contribution in [2.24, 2.45) is 0 Å². The number of H-pyrrole nitrogens is 1. The van der Waals surface area contributed by atoms with E-state index in [-0.39, 0.29) is 5.91 Å². The molecule has 0 aliphatic carbocycles. The highest BCUT2D eigenvalue weighted by atomic mass is 16.4. The summed E-state index contributed by atoms with van der Waals surface area (Å²) in [6.07, 6.45) is 0. The lowest BCUT2D eigenvalue weighted by molar-refractivity contribution is -0.140. The minimum atomic E-state index is -0.939. The number of hydrogen-bond acceptors (Lipinski definition) is 2. The molecule has 120 valence electrons. The van der Waals surface area contributed by atoms with Crippen LogP contribution in [0.4, 0.5) is 0 Å². The molecule has 0 saturated heterocycles. The topological polar surface area (TPSA) is 73.4 Å².